The van der Waals surface area contributed by atoms with E-state index in [-0.39, 0.29) is 36.0 Å². The first-order chi connectivity index (χ1) is 9.63. The molecule has 1 aromatic carbocycles. The van der Waals surface area contributed by atoms with Gasteiger partial charge in [-0.05, 0) is 43.5 Å². The zero-order chi connectivity index (χ0) is 14.1. The predicted octanol–water partition coefficient (Wildman–Crippen LogP) is 1.82. The molecule has 7 heteroatoms. The van der Waals surface area contributed by atoms with E-state index in [1.165, 1.54) is 12.1 Å². The van der Waals surface area contributed by atoms with Crippen LogP contribution in [0.3, 0.4) is 0 Å². The number of nitrogens with one attached hydrogen (secondary N) is 3. The van der Waals surface area contributed by atoms with Gasteiger partial charge in [0.15, 0.2) is 0 Å². The smallest absolute Gasteiger partial charge is 0.241 e. The largest absolute Gasteiger partial charge is 0.326 e. The number of benzene rings is 1. The molecule has 0 aromatic heterocycles. The molecule has 0 unspecified atom stereocenters. The van der Waals surface area contributed by atoms with E-state index in [9.17, 15) is 14.0 Å². The maximum atomic E-state index is 14.0. The molecule has 21 heavy (non-hydrogen) atoms. The van der Waals surface area contributed by atoms with Gasteiger partial charge < -0.3 is 16.0 Å². The van der Waals surface area contributed by atoms with Gasteiger partial charge in [-0.15, -0.1) is 12.4 Å². The summed E-state index contributed by atoms with van der Waals surface area (Å²) in [7, 11) is 0. The molecule has 2 aliphatic heterocycles. The van der Waals surface area contributed by atoms with E-state index in [1.807, 2.05) is 0 Å². The van der Waals surface area contributed by atoms with Gasteiger partial charge in [-0.2, -0.15) is 0 Å². The minimum atomic E-state index is -0.466. The van der Waals surface area contributed by atoms with E-state index in [2.05, 4.69) is 16.0 Å². The molecular formula is C14H17ClFN3O2. The number of fused-ring (bicyclic) bond motifs is 1. The van der Waals surface area contributed by atoms with Gasteiger partial charge in [0.1, 0.15) is 5.82 Å². The van der Waals surface area contributed by atoms with Crippen LogP contribution in [0.5, 0.6) is 0 Å². The Labute approximate surface area is 128 Å². The number of hydrogen-bond donors (Lipinski definition) is 3. The Balaban J connectivity index is 0.00000161. The fourth-order valence-corrected chi connectivity index (χ4v) is 2.62. The number of aryl methyl sites for hydroxylation is 1. The van der Waals surface area contributed by atoms with Crippen LogP contribution < -0.4 is 16.0 Å². The first-order valence-electron chi connectivity index (χ1n) is 6.80. The lowest BCUT2D eigenvalue weighted by atomic mass is 10.0. The Hall–Kier alpha value is -1.66. The zero-order valence-electron chi connectivity index (χ0n) is 11.4. The normalized spacial score (nSPS) is 20.2. The number of halogens is 2. The fourth-order valence-electron chi connectivity index (χ4n) is 2.62. The summed E-state index contributed by atoms with van der Waals surface area (Å²) in [6.45, 7) is 0.806. The van der Waals surface area contributed by atoms with Crippen molar-refractivity contribution in [3.05, 3.63) is 23.5 Å². The Morgan fingerprint density at radius 2 is 2.14 bits per heavy atom. The zero-order valence-corrected chi connectivity index (χ0v) is 12.2. The Bertz CT molecular complexity index is 574. The van der Waals surface area contributed by atoms with Gasteiger partial charge in [0, 0.05) is 12.1 Å². The van der Waals surface area contributed by atoms with Gasteiger partial charge in [0.05, 0.1) is 11.7 Å². The summed E-state index contributed by atoms with van der Waals surface area (Å²) in [5, 5.41) is 8.35. The highest BCUT2D eigenvalue weighted by Gasteiger charge is 2.24. The van der Waals surface area contributed by atoms with E-state index in [4.69, 9.17) is 0 Å². The first kappa shape index (κ1) is 15.7. The number of anilines is 2. The molecule has 0 saturated carbocycles. The van der Waals surface area contributed by atoms with Crippen LogP contribution in [0.25, 0.3) is 0 Å². The second-order valence-corrected chi connectivity index (χ2v) is 5.18. The topological polar surface area (TPSA) is 70.2 Å². The van der Waals surface area contributed by atoms with Crippen LogP contribution in [0.2, 0.25) is 0 Å². The highest BCUT2D eigenvalue weighted by Crippen LogP contribution is 2.28. The van der Waals surface area contributed by atoms with Crippen LogP contribution >= 0.6 is 12.4 Å². The van der Waals surface area contributed by atoms with Crippen molar-refractivity contribution in [2.75, 3.05) is 17.2 Å². The lowest BCUT2D eigenvalue weighted by Gasteiger charge is -2.19. The van der Waals surface area contributed by atoms with E-state index in [0.29, 0.717) is 18.5 Å². The lowest BCUT2D eigenvalue weighted by Crippen LogP contribution is -2.35. The fraction of sp³-hybridized carbons (Fsp3) is 0.429. The minimum Gasteiger partial charge on any atom is -0.326 e. The summed E-state index contributed by atoms with van der Waals surface area (Å²) < 4.78 is 14.0. The highest BCUT2D eigenvalue weighted by molar-refractivity contribution is 5.98. The van der Waals surface area contributed by atoms with Crippen molar-refractivity contribution < 1.29 is 14.0 Å². The van der Waals surface area contributed by atoms with E-state index < -0.39 is 5.82 Å². The molecule has 1 atom stereocenters. The quantitative estimate of drug-likeness (QED) is 0.780. The van der Waals surface area contributed by atoms with Crippen molar-refractivity contribution in [2.45, 2.75) is 31.7 Å². The maximum Gasteiger partial charge on any atom is 0.241 e. The summed E-state index contributed by atoms with van der Waals surface area (Å²) >= 11 is 0. The summed E-state index contributed by atoms with van der Waals surface area (Å²) in [5.41, 5.74) is 1.46. The molecule has 2 aliphatic rings. The summed E-state index contributed by atoms with van der Waals surface area (Å²) in [6.07, 6.45) is 2.59. The van der Waals surface area contributed by atoms with Crippen molar-refractivity contribution in [3.8, 4) is 0 Å². The van der Waals surface area contributed by atoms with Crippen molar-refractivity contribution in [1.29, 1.82) is 0 Å². The van der Waals surface area contributed by atoms with E-state index >= 15 is 0 Å². The number of amides is 2. The van der Waals surface area contributed by atoms with Crippen molar-refractivity contribution in [3.63, 3.8) is 0 Å². The van der Waals surface area contributed by atoms with Crippen LogP contribution in [0, 0.1) is 5.82 Å². The van der Waals surface area contributed by atoms with Gasteiger partial charge >= 0.3 is 0 Å². The van der Waals surface area contributed by atoms with Gasteiger partial charge in [0.2, 0.25) is 11.8 Å². The third kappa shape index (κ3) is 3.33. The lowest BCUT2D eigenvalue weighted by molar-refractivity contribution is -0.118. The van der Waals surface area contributed by atoms with Gasteiger partial charge in [-0.3, -0.25) is 9.59 Å². The van der Waals surface area contributed by atoms with Crippen molar-refractivity contribution >= 4 is 35.6 Å². The number of carbonyl (C=O) groups is 2. The van der Waals surface area contributed by atoms with Gasteiger partial charge in [-0.1, -0.05) is 0 Å². The Kier molecular flexibility index (Phi) is 4.80. The molecule has 114 valence electrons. The Morgan fingerprint density at radius 3 is 2.86 bits per heavy atom. The standard InChI is InChI=1S/C14H16FN3O2.ClH/c15-9-6-8-3-4-13(19)17-11(8)7-12(9)18-14(20)10-2-1-5-16-10;/h6-7,10,16H,1-5H2,(H,17,19)(H,18,20);1H/t10-;/m0./s1. The van der Waals surface area contributed by atoms with Crippen LogP contribution in [0.15, 0.2) is 12.1 Å². The van der Waals surface area contributed by atoms with Crippen LogP contribution in [-0.2, 0) is 16.0 Å². The molecule has 0 bridgehead atoms. The van der Waals surface area contributed by atoms with E-state index in [0.717, 1.165) is 24.9 Å². The molecule has 0 radical (unpaired) electrons. The van der Waals surface area contributed by atoms with Crippen molar-refractivity contribution in [2.24, 2.45) is 0 Å². The monoisotopic (exact) mass is 313 g/mol. The van der Waals surface area contributed by atoms with Gasteiger partial charge in [0.25, 0.3) is 0 Å². The van der Waals surface area contributed by atoms with Crippen LogP contribution in [0.4, 0.5) is 15.8 Å². The summed E-state index contributed by atoms with van der Waals surface area (Å²) in [4.78, 5) is 23.3. The average molecular weight is 314 g/mol. The van der Waals surface area contributed by atoms with Gasteiger partial charge in [-0.25, -0.2) is 4.39 Å². The van der Waals surface area contributed by atoms with Crippen LogP contribution in [-0.4, -0.2) is 24.4 Å². The third-order valence-corrected chi connectivity index (χ3v) is 3.72. The first-order valence-corrected chi connectivity index (χ1v) is 6.80. The van der Waals surface area contributed by atoms with E-state index in [1.54, 1.807) is 0 Å². The SMILES string of the molecule is Cl.O=C1CCc2cc(F)c(NC(=O)[C@@H]3CCCN3)cc2N1. The maximum absolute atomic E-state index is 14.0. The molecular weight excluding hydrogens is 297 g/mol. The second-order valence-electron chi connectivity index (χ2n) is 5.18. The predicted molar refractivity (Wildman–Crippen MR) is 80.3 cm³/mol. The number of hydrogen-bond acceptors (Lipinski definition) is 3. The minimum absolute atomic E-state index is 0. The second kappa shape index (κ2) is 6.41. The molecule has 2 heterocycles. The third-order valence-electron chi connectivity index (χ3n) is 3.72. The molecule has 1 saturated heterocycles. The summed E-state index contributed by atoms with van der Waals surface area (Å²) in [5.74, 6) is -0.784. The molecule has 0 aliphatic carbocycles. The molecule has 1 fully saturated rings. The molecule has 5 nitrogen and oxygen atoms in total. The van der Waals surface area contributed by atoms with Crippen molar-refractivity contribution in [1.82, 2.24) is 5.32 Å². The summed E-state index contributed by atoms with van der Waals surface area (Å²) in [6, 6.07) is 2.61. The molecule has 3 N–H and O–H groups in total. The molecule has 3 rings (SSSR count). The average Bonchev–Trinajstić information content (AvgIpc) is 2.94. The molecule has 2 amide bonds. The molecule has 1 aromatic rings. The molecule has 0 spiro atoms. The number of rotatable bonds is 2. The van der Waals surface area contributed by atoms with Crippen LogP contribution in [0.1, 0.15) is 24.8 Å². The Morgan fingerprint density at radius 1 is 1.33 bits per heavy atom. The highest BCUT2D eigenvalue weighted by atomic mass is 35.5. The number of carbonyl (C=O) groups excluding carboxylic acids is 2.